The zero-order valence-electron chi connectivity index (χ0n) is 29.0. The van der Waals surface area contributed by atoms with Gasteiger partial charge in [0, 0.05) is 0 Å². The maximum atomic E-state index is 10.3. The molecule has 0 fully saturated rings. The first kappa shape index (κ1) is 42.2. The van der Waals surface area contributed by atoms with Crippen molar-refractivity contribution in [2.75, 3.05) is 52.4 Å². The number of unbranched alkanes of at least 4 members (excludes halogenated alkanes) is 6. The summed E-state index contributed by atoms with van der Waals surface area (Å²) in [4.78, 5) is 20.5. The van der Waals surface area contributed by atoms with Gasteiger partial charge in [0.2, 0.25) is 0 Å². The van der Waals surface area contributed by atoms with Crippen LogP contribution in [0.5, 0.6) is 0 Å². The largest absolute Gasteiger partial charge is 0.545 e. The van der Waals surface area contributed by atoms with Crippen LogP contribution in [0.15, 0.2) is 24.3 Å². The summed E-state index contributed by atoms with van der Waals surface area (Å²) in [5.74, 6) is -2.81. The summed E-state index contributed by atoms with van der Waals surface area (Å²) in [6.45, 7) is 29.7. The molecular formula is C36H68N2O4. The van der Waals surface area contributed by atoms with Crippen LogP contribution in [0.4, 0.5) is 0 Å². The van der Waals surface area contributed by atoms with E-state index in [0.717, 1.165) is 6.07 Å². The molecule has 1 aromatic rings. The molecule has 0 saturated heterocycles. The highest BCUT2D eigenvalue weighted by atomic mass is 16.4. The Hall–Kier alpha value is -1.92. The van der Waals surface area contributed by atoms with Crippen molar-refractivity contribution in [1.82, 2.24) is 0 Å². The highest BCUT2D eigenvalue weighted by Gasteiger charge is 2.23. The van der Waals surface area contributed by atoms with Crippen molar-refractivity contribution in [2.24, 2.45) is 0 Å². The molecule has 0 bridgehead atoms. The third-order valence-corrected chi connectivity index (χ3v) is 8.59. The van der Waals surface area contributed by atoms with Crippen molar-refractivity contribution >= 4 is 11.9 Å². The molecule has 0 saturated carbocycles. The summed E-state index contributed by atoms with van der Waals surface area (Å²) in [5.41, 5.74) is -0.339. The first-order valence-electron chi connectivity index (χ1n) is 17.3. The number of nitrogens with zero attached hydrogens (tertiary/aromatic N) is 2. The molecule has 0 heterocycles. The third kappa shape index (κ3) is 19.3. The molecule has 6 heteroatoms. The number of benzene rings is 1. The normalized spacial score (nSPS) is 11.2. The molecule has 1 aromatic carbocycles. The number of rotatable bonds is 22. The van der Waals surface area contributed by atoms with Gasteiger partial charge in [-0.25, -0.2) is 0 Å². The minimum absolute atomic E-state index is 0.170. The highest BCUT2D eigenvalue weighted by Crippen LogP contribution is 2.15. The summed E-state index contributed by atoms with van der Waals surface area (Å²) in [5, 5.41) is 20.5. The molecule has 246 valence electrons. The number of carboxylic acid groups (broad SMARTS) is 2. The van der Waals surface area contributed by atoms with Crippen LogP contribution < -0.4 is 10.2 Å². The maximum Gasteiger partial charge on any atom is 0.0786 e. The second-order valence-electron chi connectivity index (χ2n) is 11.9. The molecule has 0 spiro atoms. The Morgan fingerprint density at radius 3 is 0.905 bits per heavy atom. The number of hydrogen-bond donors (Lipinski definition) is 0. The standard InChI is InChI=1S/2C14H32N.C8H6O4/c2*1-5-9-12-15(8-4,13-10-6-2)14-11-7-3;9-7(10)5-2-1-3-6(4-5)8(11)12/h2*5-14H2,1-4H3;1-4H,(H,9,10)(H,11,12)/q2*+1;/p-2. The Morgan fingerprint density at radius 1 is 0.500 bits per heavy atom. The Kier molecular flexibility index (Phi) is 26.8. The molecule has 6 nitrogen and oxygen atoms in total. The summed E-state index contributed by atoms with van der Waals surface area (Å²) >= 11 is 0. The predicted molar refractivity (Wildman–Crippen MR) is 175 cm³/mol. The molecule has 0 amide bonds. The average molecular weight is 593 g/mol. The predicted octanol–water partition coefficient (Wildman–Crippen LogP) is 6.86. The number of hydrogen-bond acceptors (Lipinski definition) is 4. The number of carbonyl (C=O) groups excluding carboxylic acids is 2. The molecule has 42 heavy (non-hydrogen) atoms. The van der Waals surface area contributed by atoms with Crippen LogP contribution in [-0.2, 0) is 0 Å². The number of carboxylic acids is 2. The number of carbonyl (C=O) groups is 2. The van der Waals surface area contributed by atoms with Crippen LogP contribution in [0.25, 0.3) is 0 Å². The summed E-state index contributed by atoms with van der Waals surface area (Å²) in [6.07, 6.45) is 16.5. The fraction of sp³-hybridized carbons (Fsp3) is 0.778. The van der Waals surface area contributed by atoms with Gasteiger partial charge in [-0.2, -0.15) is 0 Å². The third-order valence-electron chi connectivity index (χ3n) is 8.59. The minimum Gasteiger partial charge on any atom is -0.545 e. The lowest BCUT2D eigenvalue weighted by atomic mass is 10.1. The molecule has 0 N–H and O–H groups in total. The molecule has 0 aliphatic heterocycles. The molecule has 0 unspecified atom stereocenters. The van der Waals surface area contributed by atoms with Crippen LogP contribution in [0.2, 0.25) is 0 Å². The van der Waals surface area contributed by atoms with E-state index in [0.29, 0.717) is 0 Å². The fourth-order valence-corrected chi connectivity index (χ4v) is 5.35. The van der Waals surface area contributed by atoms with Crippen molar-refractivity contribution in [3.63, 3.8) is 0 Å². The molecular weight excluding hydrogens is 524 g/mol. The van der Waals surface area contributed by atoms with E-state index < -0.39 is 11.9 Å². The van der Waals surface area contributed by atoms with Gasteiger partial charge in [0.1, 0.15) is 0 Å². The number of aromatic carboxylic acids is 2. The molecule has 1 rings (SSSR count). The summed E-state index contributed by atoms with van der Waals surface area (Å²) in [6, 6.07) is 4.81. The van der Waals surface area contributed by atoms with E-state index in [4.69, 9.17) is 0 Å². The SMILES string of the molecule is CCCC[N+](CC)(CCCC)CCCC.CCCC[N+](CC)(CCCC)CCCC.O=C([O-])c1cccc(C(=O)[O-])c1. The van der Waals surface area contributed by atoms with Crippen LogP contribution in [0, 0.1) is 0 Å². The second-order valence-corrected chi connectivity index (χ2v) is 11.9. The fourth-order valence-electron chi connectivity index (χ4n) is 5.35. The Bertz CT molecular complexity index is 692. The van der Waals surface area contributed by atoms with Gasteiger partial charge < -0.3 is 28.8 Å². The lowest BCUT2D eigenvalue weighted by Crippen LogP contribution is -2.49. The Morgan fingerprint density at radius 2 is 0.738 bits per heavy atom. The smallest absolute Gasteiger partial charge is 0.0786 e. The second kappa shape index (κ2) is 26.7. The van der Waals surface area contributed by atoms with Crippen molar-refractivity contribution in [3.05, 3.63) is 35.4 Å². The molecule has 0 aromatic heterocycles. The van der Waals surface area contributed by atoms with E-state index in [1.807, 2.05) is 0 Å². The first-order valence-corrected chi connectivity index (χ1v) is 17.3. The summed E-state index contributed by atoms with van der Waals surface area (Å²) < 4.78 is 2.77. The molecule has 0 aliphatic rings. The van der Waals surface area contributed by atoms with E-state index in [-0.39, 0.29) is 11.1 Å². The van der Waals surface area contributed by atoms with Gasteiger partial charge in [0.25, 0.3) is 0 Å². The monoisotopic (exact) mass is 593 g/mol. The van der Waals surface area contributed by atoms with Crippen molar-refractivity contribution in [1.29, 1.82) is 0 Å². The topological polar surface area (TPSA) is 80.3 Å². The van der Waals surface area contributed by atoms with E-state index in [2.05, 4.69) is 55.4 Å². The molecule has 0 aliphatic carbocycles. The number of quaternary nitrogens is 2. The average Bonchev–Trinajstić information content (AvgIpc) is 3.01. The van der Waals surface area contributed by atoms with E-state index in [9.17, 15) is 19.8 Å². The highest BCUT2D eigenvalue weighted by molar-refractivity contribution is 5.91. The quantitative estimate of drug-likeness (QED) is 0.138. The van der Waals surface area contributed by atoms with E-state index >= 15 is 0 Å². The van der Waals surface area contributed by atoms with Gasteiger partial charge in [-0.1, -0.05) is 98.3 Å². The van der Waals surface area contributed by atoms with Gasteiger partial charge in [-0.3, -0.25) is 0 Å². The van der Waals surface area contributed by atoms with Crippen LogP contribution >= 0.6 is 0 Å². The zero-order chi connectivity index (χ0) is 32.3. The van der Waals surface area contributed by atoms with Crippen LogP contribution in [0.3, 0.4) is 0 Å². The van der Waals surface area contributed by atoms with E-state index in [1.165, 1.54) is 157 Å². The minimum atomic E-state index is -1.40. The van der Waals surface area contributed by atoms with E-state index in [1.54, 1.807) is 0 Å². The van der Waals surface area contributed by atoms with Crippen molar-refractivity contribution in [3.8, 4) is 0 Å². The van der Waals surface area contributed by atoms with Gasteiger partial charge in [0.15, 0.2) is 0 Å². The first-order chi connectivity index (χ1) is 20.1. The summed E-state index contributed by atoms with van der Waals surface area (Å²) in [7, 11) is 0. The molecule has 0 radical (unpaired) electrons. The lowest BCUT2D eigenvalue weighted by molar-refractivity contribution is -0.927. The van der Waals surface area contributed by atoms with Crippen LogP contribution in [-0.4, -0.2) is 73.3 Å². The van der Waals surface area contributed by atoms with Gasteiger partial charge >= 0.3 is 0 Å². The van der Waals surface area contributed by atoms with Gasteiger partial charge in [0.05, 0.1) is 64.3 Å². The van der Waals surface area contributed by atoms with Crippen LogP contribution in [0.1, 0.15) is 153 Å². The van der Waals surface area contributed by atoms with Gasteiger partial charge in [-0.15, -0.1) is 0 Å². The zero-order valence-corrected chi connectivity index (χ0v) is 29.0. The van der Waals surface area contributed by atoms with Gasteiger partial charge in [-0.05, 0) is 69.6 Å². The Labute approximate surface area is 260 Å². The maximum absolute atomic E-state index is 10.3. The van der Waals surface area contributed by atoms with Crippen molar-refractivity contribution in [2.45, 2.75) is 132 Å². The lowest BCUT2D eigenvalue weighted by Gasteiger charge is -2.38. The molecule has 0 atom stereocenters. The Balaban J connectivity index is 0. The van der Waals surface area contributed by atoms with Crippen molar-refractivity contribution < 1.29 is 28.8 Å².